The number of likely N-dealkylation sites (tertiary alicyclic amines) is 1. The number of para-hydroxylation sites is 2. The minimum Gasteiger partial charge on any atom is -0.493 e. The number of carbonyl (C=O) groups excluding carboxylic acids is 2. The second-order valence-electron chi connectivity index (χ2n) is 7.34. The van der Waals surface area contributed by atoms with Crippen LogP contribution in [0.2, 0.25) is 0 Å². The zero-order chi connectivity index (χ0) is 20.8. The van der Waals surface area contributed by atoms with Gasteiger partial charge in [0.2, 0.25) is 0 Å². The van der Waals surface area contributed by atoms with E-state index >= 15 is 0 Å². The van der Waals surface area contributed by atoms with Crippen molar-refractivity contribution in [2.75, 3.05) is 25.0 Å². The van der Waals surface area contributed by atoms with Crippen molar-refractivity contribution >= 4 is 28.8 Å². The lowest BCUT2D eigenvalue weighted by Crippen LogP contribution is -2.40. The standard InChI is InChI=1S/C24H24N2O3S/c27-23(22-11-6-16-30-22)25-21-10-5-4-9-20(21)24(28)26-14-12-18(13-15-26)17-29-19-7-2-1-3-8-19/h1-11,16,18H,12-15,17H2,(H,25,27). The summed E-state index contributed by atoms with van der Waals surface area (Å²) in [6.07, 6.45) is 1.81. The van der Waals surface area contributed by atoms with E-state index in [2.05, 4.69) is 5.32 Å². The molecule has 1 fully saturated rings. The minimum atomic E-state index is -0.193. The Bertz CT molecular complexity index is 981. The Morgan fingerprint density at radius 1 is 0.967 bits per heavy atom. The molecule has 2 aromatic carbocycles. The van der Waals surface area contributed by atoms with Crippen molar-refractivity contribution in [3.05, 3.63) is 82.6 Å². The molecule has 1 aliphatic rings. The molecule has 2 heterocycles. The molecule has 0 atom stereocenters. The third-order valence-corrected chi connectivity index (χ3v) is 6.15. The topological polar surface area (TPSA) is 58.6 Å². The Labute approximate surface area is 180 Å². The molecule has 1 aliphatic heterocycles. The SMILES string of the molecule is O=C(Nc1ccccc1C(=O)N1CCC(COc2ccccc2)CC1)c1cccs1. The summed E-state index contributed by atoms with van der Waals surface area (Å²) in [6.45, 7) is 2.04. The maximum absolute atomic E-state index is 13.1. The summed E-state index contributed by atoms with van der Waals surface area (Å²) >= 11 is 1.38. The van der Waals surface area contributed by atoms with Crippen molar-refractivity contribution in [2.24, 2.45) is 5.92 Å². The second kappa shape index (κ2) is 9.59. The lowest BCUT2D eigenvalue weighted by Gasteiger charge is -2.32. The van der Waals surface area contributed by atoms with Crippen molar-refractivity contribution in [2.45, 2.75) is 12.8 Å². The molecule has 1 N–H and O–H groups in total. The molecule has 30 heavy (non-hydrogen) atoms. The van der Waals surface area contributed by atoms with Gasteiger partial charge in [0.1, 0.15) is 5.75 Å². The number of piperidine rings is 1. The van der Waals surface area contributed by atoms with E-state index in [0.29, 0.717) is 41.7 Å². The number of amides is 2. The van der Waals surface area contributed by atoms with Gasteiger partial charge >= 0.3 is 0 Å². The molecule has 154 valence electrons. The fraction of sp³-hybridized carbons (Fsp3) is 0.250. The van der Waals surface area contributed by atoms with Crippen LogP contribution in [0.5, 0.6) is 5.75 Å². The monoisotopic (exact) mass is 420 g/mol. The normalized spacial score (nSPS) is 14.3. The van der Waals surface area contributed by atoms with E-state index in [9.17, 15) is 9.59 Å². The number of nitrogens with one attached hydrogen (secondary N) is 1. The molecule has 4 rings (SSSR count). The zero-order valence-corrected chi connectivity index (χ0v) is 17.4. The number of hydrogen-bond donors (Lipinski definition) is 1. The van der Waals surface area contributed by atoms with E-state index < -0.39 is 0 Å². The molecule has 6 heteroatoms. The van der Waals surface area contributed by atoms with E-state index in [1.807, 2.05) is 58.8 Å². The molecule has 5 nitrogen and oxygen atoms in total. The molecular formula is C24H24N2O3S. The van der Waals surface area contributed by atoms with Crippen LogP contribution in [-0.2, 0) is 0 Å². The molecule has 0 unspecified atom stereocenters. The van der Waals surface area contributed by atoms with Gasteiger partial charge in [0.25, 0.3) is 11.8 Å². The summed E-state index contributed by atoms with van der Waals surface area (Å²) in [5.74, 6) is 1.08. The number of carbonyl (C=O) groups is 2. The molecule has 0 aliphatic carbocycles. The predicted octanol–water partition coefficient (Wildman–Crippen LogP) is 4.93. The van der Waals surface area contributed by atoms with Crippen LogP contribution in [0.1, 0.15) is 32.9 Å². The Balaban J connectivity index is 1.34. The fourth-order valence-electron chi connectivity index (χ4n) is 3.57. The first-order valence-corrected chi connectivity index (χ1v) is 11.0. The van der Waals surface area contributed by atoms with Gasteiger partial charge in [0, 0.05) is 13.1 Å². The van der Waals surface area contributed by atoms with Crippen molar-refractivity contribution in [1.29, 1.82) is 0 Å². The van der Waals surface area contributed by atoms with Crippen molar-refractivity contribution in [3.63, 3.8) is 0 Å². The van der Waals surface area contributed by atoms with Crippen molar-refractivity contribution in [1.82, 2.24) is 4.90 Å². The van der Waals surface area contributed by atoms with Crippen molar-refractivity contribution in [3.8, 4) is 5.75 Å². The second-order valence-corrected chi connectivity index (χ2v) is 8.28. The summed E-state index contributed by atoms with van der Waals surface area (Å²) < 4.78 is 5.87. The molecule has 1 saturated heterocycles. The highest BCUT2D eigenvalue weighted by atomic mass is 32.1. The molecular weight excluding hydrogens is 396 g/mol. The van der Waals surface area contributed by atoms with Gasteiger partial charge in [-0.3, -0.25) is 9.59 Å². The van der Waals surface area contributed by atoms with Gasteiger partial charge in [-0.1, -0.05) is 36.4 Å². The Hall–Kier alpha value is -3.12. The summed E-state index contributed by atoms with van der Waals surface area (Å²) in [4.78, 5) is 28.0. The van der Waals surface area contributed by atoms with Crippen LogP contribution >= 0.6 is 11.3 Å². The van der Waals surface area contributed by atoms with Gasteiger partial charge in [-0.2, -0.15) is 0 Å². The van der Waals surface area contributed by atoms with Crippen LogP contribution in [0.4, 0.5) is 5.69 Å². The molecule has 2 amide bonds. The molecule has 3 aromatic rings. The van der Waals surface area contributed by atoms with Gasteiger partial charge < -0.3 is 15.0 Å². The smallest absolute Gasteiger partial charge is 0.265 e. The lowest BCUT2D eigenvalue weighted by atomic mass is 9.97. The Morgan fingerprint density at radius 2 is 1.70 bits per heavy atom. The molecule has 0 spiro atoms. The first kappa shape index (κ1) is 20.2. The van der Waals surface area contributed by atoms with Gasteiger partial charge in [0.15, 0.2) is 0 Å². The quantitative estimate of drug-likeness (QED) is 0.615. The van der Waals surface area contributed by atoms with Crippen LogP contribution in [-0.4, -0.2) is 36.4 Å². The minimum absolute atomic E-state index is 0.0421. The largest absolute Gasteiger partial charge is 0.493 e. The van der Waals surface area contributed by atoms with Crippen molar-refractivity contribution < 1.29 is 14.3 Å². The van der Waals surface area contributed by atoms with Gasteiger partial charge in [-0.05, 0) is 54.5 Å². The number of anilines is 1. The number of rotatable bonds is 6. The summed E-state index contributed by atoms with van der Waals surface area (Å²) in [7, 11) is 0. The van der Waals surface area contributed by atoms with Gasteiger partial charge in [-0.15, -0.1) is 11.3 Å². The Kier molecular flexibility index (Phi) is 6.44. The summed E-state index contributed by atoms with van der Waals surface area (Å²) in [6, 6.07) is 20.6. The molecule has 0 saturated carbocycles. The highest BCUT2D eigenvalue weighted by Gasteiger charge is 2.26. The van der Waals surface area contributed by atoms with E-state index in [0.717, 1.165) is 18.6 Å². The van der Waals surface area contributed by atoms with Crippen LogP contribution in [0.25, 0.3) is 0 Å². The van der Waals surface area contributed by atoms with Crippen LogP contribution in [0.3, 0.4) is 0 Å². The van der Waals surface area contributed by atoms with E-state index in [1.54, 1.807) is 18.2 Å². The number of nitrogens with zero attached hydrogens (tertiary/aromatic N) is 1. The highest BCUT2D eigenvalue weighted by molar-refractivity contribution is 7.12. The third kappa shape index (κ3) is 4.89. The molecule has 1 aromatic heterocycles. The fourth-order valence-corrected chi connectivity index (χ4v) is 4.19. The molecule has 0 bridgehead atoms. The van der Waals surface area contributed by atoms with Crippen LogP contribution < -0.4 is 10.1 Å². The van der Waals surface area contributed by atoms with Crippen LogP contribution in [0.15, 0.2) is 72.1 Å². The number of benzene rings is 2. The predicted molar refractivity (Wildman–Crippen MR) is 119 cm³/mol. The summed E-state index contributed by atoms with van der Waals surface area (Å²) in [5, 5.41) is 4.74. The van der Waals surface area contributed by atoms with E-state index in [1.165, 1.54) is 11.3 Å². The van der Waals surface area contributed by atoms with Gasteiger partial charge in [-0.25, -0.2) is 0 Å². The Morgan fingerprint density at radius 3 is 2.43 bits per heavy atom. The average Bonchev–Trinajstić information content (AvgIpc) is 3.34. The number of thiophene rings is 1. The first-order valence-electron chi connectivity index (χ1n) is 10.1. The number of ether oxygens (including phenoxy) is 1. The summed E-state index contributed by atoms with van der Waals surface area (Å²) in [5.41, 5.74) is 1.08. The van der Waals surface area contributed by atoms with E-state index in [4.69, 9.17) is 4.74 Å². The third-order valence-electron chi connectivity index (χ3n) is 5.28. The maximum atomic E-state index is 13.1. The van der Waals surface area contributed by atoms with E-state index in [-0.39, 0.29) is 11.8 Å². The maximum Gasteiger partial charge on any atom is 0.265 e. The average molecular weight is 421 g/mol. The lowest BCUT2D eigenvalue weighted by molar-refractivity contribution is 0.0662. The van der Waals surface area contributed by atoms with Gasteiger partial charge in [0.05, 0.1) is 22.7 Å². The first-order chi connectivity index (χ1) is 14.7. The number of hydrogen-bond acceptors (Lipinski definition) is 4. The highest BCUT2D eigenvalue weighted by Crippen LogP contribution is 2.24. The zero-order valence-electron chi connectivity index (χ0n) is 16.6. The molecule has 0 radical (unpaired) electrons. The van der Waals surface area contributed by atoms with Crippen LogP contribution in [0, 0.1) is 5.92 Å².